The molecule has 2 aliphatic rings. The summed E-state index contributed by atoms with van der Waals surface area (Å²) in [4.78, 5) is 46.0. The molecule has 0 bridgehead atoms. The van der Waals surface area contributed by atoms with E-state index in [1.165, 1.54) is 11.2 Å². The van der Waals surface area contributed by atoms with Crippen LogP contribution in [0.25, 0.3) is 11.0 Å². The maximum atomic E-state index is 14.8. The van der Waals surface area contributed by atoms with Crippen LogP contribution in [0.4, 0.5) is 5.69 Å². The van der Waals surface area contributed by atoms with Crippen molar-refractivity contribution in [2.75, 3.05) is 4.90 Å². The molecule has 0 aliphatic carbocycles. The molecule has 5 aromatic rings. The van der Waals surface area contributed by atoms with E-state index in [1.807, 2.05) is 55.5 Å². The lowest BCUT2D eigenvalue weighted by molar-refractivity contribution is -0.126. The Bertz CT molecular complexity index is 1820. The molecule has 2 aromatic heterocycles. The minimum absolute atomic E-state index is 0.00982. The second kappa shape index (κ2) is 8.05. The molecule has 1 unspecified atom stereocenters. The Kier molecular flexibility index (Phi) is 4.72. The Balaban J connectivity index is 1.53. The van der Waals surface area contributed by atoms with Crippen molar-refractivity contribution >= 4 is 28.5 Å². The molecule has 3 aromatic carbocycles. The molecule has 2 amide bonds. The first kappa shape index (κ1) is 22.3. The fourth-order valence-electron chi connectivity index (χ4n) is 5.83. The van der Waals surface area contributed by atoms with Crippen LogP contribution in [0.3, 0.4) is 0 Å². The second-order valence-corrected chi connectivity index (χ2v) is 9.65. The minimum atomic E-state index is -1.69. The number of hydrogen-bond donors (Lipinski definition) is 0. The maximum absolute atomic E-state index is 14.8. The van der Waals surface area contributed by atoms with Crippen LogP contribution >= 0.6 is 0 Å². The lowest BCUT2D eigenvalue weighted by Gasteiger charge is -2.33. The molecule has 0 fully saturated rings. The summed E-state index contributed by atoms with van der Waals surface area (Å²) in [6, 6.07) is 25.5. The summed E-state index contributed by atoms with van der Waals surface area (Å²) in [6.45, 7) is 2.28. The number of carbonyl (C=O) groups is 2. The number of carbonyl (C=O) groups excluding carboxylic acids is 2. The number of hydrogen-bond acceptors (Lipinski definition) is 5. The second-order valence-electron chi connectivity index (χ2n) is 9.65. The number of amides is 2. The van der Waals surface area contributed by atoms with E-state index in [0.29, 0.717) is 34.5 Å². The number of anilines is 1. The van der Waals surface area contributed by atoms with E-state index in [9.17, 15) is 14.4 Å². The number of aryl methyl sites for hydroxylation is 1. The van der Waals surface area contributed by atoms with Crippen molar-refractivity contribution in [3.8, 4) is 0 Å². The lowest BCUT2D eigenvalue weighted by atomic mass is 9.84. The normalized spacial score (nSPS) is 18.0. The summed E-state index contributed by atoms with van der Waals surface area (Å²) in [5.41, 5.74) is 1.51. The summed E-state index contributed by atoms with van der Waals surface area (Å²) in [5, 5.41) is 0.320. The van der Waals surface area contributed by atoms with Crippen molar-refractivity contribution in [3.05, 3.63) is 135 Å². The van der Waals surface area contributed by atoms with Crippen LogP contribution in [0.15, 0.2) is 105 Å². The molecule has 0 N–H and O–H groups in total. The zero-order valence-corrected chi connectivity index (χ0v) is 20.5. The highest BCUT2D eigenvalue weighted by Crippen LogP contribution is 2.53. The number of fused-ring (bicyclic) bond motifs is 5. The molecule has 0 saturated heterocycles. The van der Waals surface area contributed by atoms with E-state index in [2.05, 4.69) is 0 Å². The summed E-state index contributed by atoms with van der Waals surface area (Å²) in [7, 11) is 0. The molecular formula is C31H22N2O5. The molecule has 1 spiro atoms. The first-order chi connectivity index (χ1) is 18.5. The van der Waals surface area contributed by atoms with Gasteiger partial charge in [0.15, 0.2) is 11.0 Å². The molecule has 1 atom stereocenters. The Morgan fingerprint density at radius 3 is 2.39 bits per heavy atom. The van der Waals surface area contributed by atoms with Gasteiger partial charge in [0.25, 0.3) is 11.8 Å². The van der Waals surface area contributed by atoms with Gasteiger partial charge >= 0.3 is 0 Å². The summed E-state index contributed by atoms with van der Waals surface area (Å²) < 4.78 is 11.7. The third kappa shape index (κ3) is 2.87. The maximum Gasteiger partial charge on any atom is 0.291 e. The fraction of sp³-hybridized carbons (Fsp3) is 0.129. The Hall–Kier alpha value is -4.91. The largest absolute Gasteiger partial charge is 0.467 e. The summed E-state index contributed by atoms with van der Waals surface area (Å²) in [5.74, 6) is -0.519. The number of furan rings is 1. The zero-order chi connectivity index (χ0) is 26.0. The van der Waals surface area contributed by atoms with Crippen molar-refractivity contribution in [3.63, 3.8) is 0 Å². The standard InChI is InChI=1S/C31H22N2O5/c1-19-9-2-3-10-20(19)17-32-24-14-6-5-13-23(24)31(30(32)36)26-27(34)22-12-4-7-15-25(22)38-28(26)29(35)33(31)18-21-11-8-16-37-21/h2-16H,17-18H2,1H3. The lowest BCUT2D eigenvalue weighted by Crippen LogP contribution is -2.52. The Morgan fingerprint density at radius 1 is 0.816 bits per heavy atom. The highest BCUT2D eigenvalue weighted by Gasteiger charge is 2.65. The molecule has 0 radical (unpaired) electrons. The van der Waals surface area contributed by atoms with Gasteiger partial charge in [-0.25, -0.2) is 0 Å². The quantitative estimate of drug-likeness (QED) is 0.340. The number of para-hydroxylation sites is 2. The fourth-order valence-corrected chi connectivity index (χ4v) is 5.83. The third-order valence-electron chi connectivity index (χ3n) is 7.63. The summed E-state index contributed by atoms with van der Waals surface area (Å²) in [6.07, 6.45) is 1.52. The van der Waals surface area contributed by atoms with E-state index in [1.54, 1.807) is 41.3 Å². The molecule has 2 aliphatic heterocycles. The van der Waals surface area contributed by atoms with Crippen LogP contribution in [-0.4, -0.2) is 16.7 Å². The van der Waals surface area contributed by atoms with Crippen LogP contribution in [0.1, 0.15) is 38.6 Å². The van der Waals surface area contributed by atoms with Crippen molar-refractivity contribution < 1.29 is 18.4 Å². The first-order valence-electron chi connectivity index (χ1n) is 12.4. The molecule has 38 heavy (non-hydrogen) atoms. The van der Waals surface area contributed by atoms with Gasteiger partial charge in [0.2, 0.25) is 5.76 Å². The van der Waals surface area contributed by atoms with Crippen LogP contribution in [0, 0.1) is 6.92 Å². The van der Waals surface area contributed by atoms with Gasteiger partial charge in [0, 0.05) is 5.56 Å². The van der Waals surface area contributed by atoms with Crippen molar-refractivity contribution in [1.29, 1.82) is 0 Å². The predicted octanol–water partition coefficient (Wildman–Crippen LogP) is 5.14. The highest BCUT2D eigenvalue weighted by molar-refractivity contribution is 6.17. The Labute approximate surface area is 217 Å². The van der Waals surface area contributed by atoms with Crippen LogP contribution in [0.5, 0.6) is 0 Å². The molecule has 7 rings (SSSR count). The minimum Gasteiger partial charge on any atom is -0.467 e. The van der Waals surface area contributed by atoms with E-state index < -0.39 is 16.9 Å². The van der Waals surface area contributed by atoms with Gasteiger partial charge in [-0.1, -0.05) is 54.6 Å². The van der Waals surface area contributed by atoms with Crippen molar-refractivity contribution in [1.82, 2.24) is 4.90 Å². The molecular weight excluding hydrogens is 480 g/mol. The van der Waals surface area contributed by atoms with E-state index in [0.717, 1.165) is 11.1 Å². The van der Waals surface area contributed by atoms with Gasteiger partial charge in [-0.2, -0.15) is 0 Å². The van der Waals surface area contributed by atoms with Crippen LogP contribution in [-0.2, 0) is 23.4 Å². The molecule has 4 heterocycles. The number of benzene rings is 3. The zero-order valence-electron chi connectivity index (χ0n) is 20.5. The monoisotopic (exact) mass is 502 g/mol. The van der Waals surface area contributed by atoms with E-state index >= 15 is 0 Å². The van der Waals surface area contributed by atoms with E-state index in [4.69, 9.17) is 8.83 Å². The molecule has 186 valence electrons. The number of rotatable bonds is 4. The van der Waals surface area contributed by atoms with Gasteiger partial charge < -0.3 is 18.6 Å². The van der Waals surface area contributed by atoms with Gasteiger partial charge in [-0.15, -0.1) is 0 Å². The van der Waals surface area contributed by atoms with Crippen LogP contribution in [0.2, 0.25) is 0 Å². The SMILES string of the molecule is Cc1ccccc1CN1C(=O)C2(c3ccccc31)c1c(oc3ccccc3c1=O)C(=O)N2Cc1ccco1. The van der Waals surface area contributed by atoms with Crippen molar-refractivity contribution in [2.24, 2.45) is 0 Å². The molecule has 0 saturated carbocycles. The highest BCUT2D eigenvalue weighted by atomic mass is 16.4. The molecule has 7 heteroatoms. The predicted molar refractivity (Wildman–Crippen MR) is 141 cm³/mol. The van der Waals surface area contributed by atoms with Gasteiger partial charge in [-0.3, -0.25) is 14.4 Å². The van der Waals surface area contributed by atoms with Gasteiger partial charge in [0.1, 0.15) is 11.3 Å². The smallest absolute Gasteiger partial charge is 0.291 e. The number of nitrogens with zero attached hydrogens (tertiary/aromatic N) is 2. The van der Waals surface area contributed by atoms with Gasteiger partial charge in [0.05, 0.1) is 36.0 Å². The topological polar surface area (TPSA) is 84.0 Å². The average Bonchev–Trinajstić information content (AvgIpc) is 3.60. The first-order valence-corrected chi connectivity index (χ1v) is 12.4. The van der Waals surface area contributed by atoms with E-state index in [-0.39, 0.29) is 23.8 Å². The summed E-state index contributed by atoms with van der Waals surface area (Å²) >= 11 is 0. The van der Waals surface area contributed by atoms with Crippen LogP contribution < -0.4 is 10.3 Å². The van der Waals surface area contributed by atoms with Gasteiger partial charge in [-0.05, 0) is 48.4 Å². The van der Waals surface area contributed by atoms with Crippen molar-refractivity contribution in [2.45, 2.75) is 25.6 Å². The third-order valence-corrected chi connectivity index (χ3v) is 7.63. The molecule has 7 nitrogen and oxygen atoms in total. The average molecular weight is 503 g/mol. The Morgan fingerprint density at radius 2 is 1.58 bits per heavy atom.